The zero-order chi connectivity index (χ0) is 10.9. The van der Waals surface area contributed by atoms with Crippen molar-refractivity contribution in [2.75, 3.05) is 0 Å². The molecule has 1 heterocycles. The molecule has 0 fully saturated rings. The van der Waals surface area contributed by atoms with Gasteiger partial charge in [-0.05, 0) is 26.2 Å². The van der Waals surface area contributed by atoms with E-state index in [2.05, 4.69) is 32.8 Å². The normalized spacial score (nSPS) is 11.6. The van der Waals surface area contributed by atoms with Crippen LogP contribution < -0.4 is 5.56 Å². The van der Waals surface area contributed by atoms with Crippen LogP contribution in [0.25, 0.3) is 0 Å². The average Bonchev–Trinajstić information content (AvgIpc) is 2.42. The van der Waals surface area contributed by atoms with Crippen molar-refractivity contribution in [2.45, 2.75) is 53.0 Å². The summed E-state index contributed by atoms with van der Waals surface area (Å²) in [5, 5.41) is 2.91. The van der Waals surface area contributed by atoms with Gasteiger partial charge in [-0.25, -0.2) is 0 Å². The minimum atomic E-state index is 0.0740. The molecule has 0 spiro atoms. The SMILES string of the molecule is CCc1c(C(C)C)n(C(C)C)[nH]c1=O. The lowest BCUT2D eigenvalue weighted by Crippen LogP contribution is -2.10. The van der Waals surface area contributed by atoms with Gasteiger partial charge < -0.3 is 0 Å². The number of hydrogen-bond acceptors (Lipinski definition) is 1. The van der Waals surface area contributed by atoms with Crippen molar-refractivity contribution in [2.24, 2.45) is 0 Å². The van der Waals surface area contributed by atoms with Gasteiger partial charge in [0.05, 0.1) is 0 Å². The average molecular weight is 196 g/mol. The van der Waals surface area contributed by atoms with E-state index >= 15 is 0 Å². The van der Waals surface area contributed by atoms with Gasteiger partial charge in [0, 0.05) is 17.3 Å². The van der Waals surface area contributed by atoms with Crippen LogP contribution in [0.5, 0.6) is 0 Å². The van der Waals surface area contributed by atoms with Crippen molar-refractivity contribution in [3.63, 3.8) is 0 Å². The number of rotatable bonds is 3. The van der Waals surface area contributed by atoms with Gasteiger partial charge in [-0.1, -0.05) is 20.8 Å². The van der Waals surface area contributed by atoms with E-state index < -0.39 is 0 Å². The van der Waals surface area contributed by atoms with E-state index in [1.165, 1.54) is 0 Å². The molecule has 0 bridgehead atoms. The van der Waals surface area contributed by atoms with Crippen molar-refractivity contribution in [1.82, 2.24) is 9.78 Å². The smallest absolute Gasteiger partial charge is 0.267 e. The molecule has 0 amide bonds. The topological polar surface area (TPSA) is 37.8 Å². The number of hydrogen-bond donors (Lipinski definition) is 1. The van der Waals surface area contributed by atoms with E-state index in [4.69, 9.17) is 0 Å². The predicted octanol–water partition coefficient (Wildman–Crippen LogP) is 2.44. The van der Waals surface area contributed by atoms with Crippen LogP contribution in [0.3, 0.4) is 0 Å². The lowest BCUT2D eigenvalue weighted by atomic mass is 10.0. The Labute approximate surface area is 85.1 Å². The summed E-state index contributed by atoms with van der Waals surface area (Å²) in [4.78, 5) is 11.6. The van der Waals surface area contributed by atoms with Crippen molar-refractivity contribution in [3.8, 4) is 0 Å². The molecule has 3 nitrogen and oxygen atoms in total. The van der Waals surface area contributed by atoms with Gasteiger partial charge in [-0.15, -0.1) is 0 Å². The molecule has 0 radical (unpaired) electrons. The van der Waals surface area contributed by atoms with Crippen LogP contribution in [-0.2, 0) is 6.42 Å². The molecule has 0 aliphatic rings. The maximum atomic E-state index is 11.6. The molecule has 0 saturated heterocycles. The molecule has 1 N–H and O–H groups in total. The molecule has 1 aromatic rings. The molecule has 0 aliphatic heterocycles. The minimum absolute atomic E-state index is 0.0740. The van der Waals surface area contributed by atoms with Crippen molar-refractivity contribution >= 4 is 0 Å². The third kappa shape index (κ3) is 1.76. The Morgan fingerprint density at radius 3 is 2.21 bits per heavy atom. The molecule has 0 aromatic carbocycles. The molecule has 1 rings (SSSR count). The summed E-state index contributed by atoms with van der Waals surface area (Å²) >= 11 is 0. The van der Waals surface area contributed by atoms with Crippen LogP contribution in [0, 0.1) is 0 Å². The zero-order valence-electron chi connectivity index (χ0n) is 9.72. The highest BCUT2D eigenvalue weighted by atomic mass is 16.1. The van der Waals surface area contributed by atoms with Crippen molar-refractivity contribution < 1.29 is 0 Å². The van der Waals surface area contributed by atoms with E-state index in [1.807, 2.05) is 11.6 Å². The highest BCUT2D eigenvalue weighted by Crippen LogP contribution is 2.20. The van der Waals surface area contributed by atoms with Gasteiger partial charge in [-0.2, -0.15) is 0 Å². The highest BCUT2D eigenvalue weighted by molar-refractivity contribution is 5.21. The molecule has 14 heavy (non-hydrogen) atoms. The summed E-state index contributed by atoms with van der Waals surface area (Å²) in [6.07, 6.45) is 0.808. The minimum Gasteiger partial charge on any atom is -0.286 e. The summed E-state index contributed by atoms with van der Waals surface area (Å²) in [7, 11) is 0. The first-order valence-corrected chi connectivity index (χ1v) is 5.32. The first kappa shape index (κ1) is 11.1. The molecule has 0 atom stereocenters. The third-order valence-electron chi connectivity index (χ3n) is 2.48. The third-order valence-corrected chi connectivity index (χ3v) is 2.48. The second-order valence-electron chi connectivity index (χ2n) is 4.28. The quantitative estimate of drug-likeness (QED) is 0.792. The number of aromatic amines is 1. The number of H-pyrrole nitrogens is 1. The van der Waals surface area contributed by atoms with Gasteiger partial charge in [0.15, 0.2) is 0 Å². The van der Waals surface area contributed by atoms with E-state index in [9.17, 15) is 4.79 Å². The van der Waals surface area contributed by atoms with Crippen LogP contribution in [0.4, 0.5) is 0 Å². The number of aromatic nitrogens is 2. The second-order valence-corrected chi connectivity index (χ2v) is 4.28. The van der Waals surface area contributed by atoms with Gasteiger partial charge >= 0.3 is 0 Å². The largest absolute Gasteiger partial charge is 0.286 e. The Hall–Kier alpha value is -0.990. The Bertz CT molecular complexity index is 358. The summed E-state index contributed by atoms with van der Waals surface area (Å²) < 4.78 is 1.99. The maximum Gasteiger partial charge on any atom is 0.267 e. The first-order valence-electron chi connectivity index (χ1n) is 5.32. The van der Waals surface area contributed by atoms with Crippen LogP contribution in [0.1, 0.15) is 57.8 Å². The maximum absolute atomic E-state index is 11.6. The van der Waals surface area contributed by atoms with Gasteiger partial charge in [0.1, 0.15) is 0 Å². The molecule has 80 valence electrons. The zero-order valence-corrected chi connectivity index (χ0v) is 9.72. The Kier molecular flexibility index (Phi) is 3.19. The van der Waals surface area contributed by atoms with E-state index in [-0.39, 0.29) is 5.56 Å². The molecular formula is C11H20N2O. The molecular weight excluding hydrogens is 176 g/mol. The number of nitrogens with zero attached hydrogens (tertiary/aromatic N) is 1. The van der Waals surface area contributed by atoms with E-state index in [0.717, 1.165) is 17.7 Å². The fraction of sp³-hybridized carbons (Fsp3) is 0.727. The van der Waals surface area contributed by atoms with Crippen molar-refractivity contribution in [1.29, 1.82) is 0 Å². The molecule has 0 saturated carbocycles. The summed E-state index contributed by atoms with van der Waals surface area (Å²) in [5.74, 6) is 0.395. The molecule has 0 aliphatic carbocycles. The Morgan fingerprint density at radius 2 is 1.86 bits per heavy atom. The van der Waals surface area contributed by atoms with E-state index in [0.29, 0.717) is 12.0 Å². The Balaban J connectivity index is 3.38. The van der Waals surface area contributed by atoms with Crippen LogP contribution in [0.15, 0.2) is 4.79 Å². The van der Waals surface area contributed by atoms with E-state index in [1.54, 1.807) is 0 Å². The van der Waals surface area contributed by atoms with Crippen LogP contribution in [0.2, 0.25) is 0 Å². The summed E-state index contributed by atoms with van der Waals surface area (Å²) in [6, 6.07) is 0.320. The Morgan fingerprint density at radius 1 is 1.29 bits per heavy atom. The fourth-order valence-electron chi connectivity index (χ4n) is 1.87. The van der Waals surface area contributed by atoms with Gasteiger partial charge in [-0.3, -0.25) is 14.6 Å². The standard InChI is InChI=1S/C11H20N2O/c1-6-9-10(7(2)3)13(8(4)5)12-11(9)14/h7-8H,6H2,1-5H3,(H,12,14). The van der Waals surface area contributed by atoms with Gasteiger partial charge in [0.25, 0.3) is 5.56 Å². The monoisotopic (exact) mass is 196 g/mol. The van der Waals surface area contributed by atoms with Crippen LogP contribution in [-0.4, -0.2) is 9.78 Å². The predicted molar refractivity (Wildman–Crippen MR) is 58.9 cm³/mol. The first-order chi connectivity index (χ1) is 6.49. The molecule has 1 aromatic heterocycles. The summed E-state index contributed by atoms with van der Waals surface area (Å²) in [6.45, 7) is 10.4. The van der Waals surface area contributed by atoms with Crippen LogP contribution >= 0.6 is 0 Å². The molecule has 0 unspecified atom stereocenters. The van der Waals surface area contributed by atoms with Gasteiger partial charge in [0.2, 0.25) is 0 Å². The van der Waals surface area contributed by atoms with Crippen molar-refractivity contribution in [3.05, 3.63) is 21.6 Å². The fourth-order valence-corrected chi connectivity index (χ4v) is 1.87. The lowest BCUT2D eigenvalue weighted by molar-refractivity contribution is 0.494. The lowest BCUT2D eigenvalue weighted by Gasteiger charge is -2.15. The molecule has 3 heteroatoms. The second kappa shape index (κ2) is 4.03. The summed E-state index contributed by atoms with van der Waals surface area (Å²) in [5.41, 5.74) is 2.17. The number of nitrogens with one attached hydrogen (secondary N) is 1. The highest BCUT2D eigenvalue weighted by Gasteiger charge is 2.17.